The number of hydrogen-bond donors (Lipinski definition) is 2. The number of ether oxygens (including phenoxy) is 1. The van der Waals surface area contributed by atoms with Gasteiger partial charge in [-0.25, -0.2) is 14.4 Å². The lowest BCUT2D eigenvalue weighted by Crippen LogP contribution is -2.18. The summed E-state index contributed by atoms with van der Waals surface area (Å²) in [6, 6.07) is 3.39. The largest absolute Gasteiger partial charge is 0.480 e. The third-order valence-electron chi connectivity index (χ3n) is 3.49. The summed E-state index contributed by atoms with van der Waals surface area (Å²) < 4.78 is 19.9. The zero-order chi connectivity index (χ0) is 17.3. The van der Waals surface area contributed by atoms with Crippen LogP contribution < -0.4 is 10.1 Å². The first kappa shape index (κ1) is 16.2. The molecule has 0 aliphatic rings. The summed E-state index contributed by atoms with van der Waals surface area (Å²) in [5.41, 5.74) is 1.44. The summed E-state index contributed by atoms with van der Waals surface area (Å²) in [5.74, 6) is -0.360. The maximum atomic E-state index is 14.9. The number of carbonyl (C=O) groups is 1. The molecule has 8 heteroatoms. The fourth-order valence-electron chi connectivity index (χ4n) is 2.36. The molecule has 0 spiro atoms. The molecule has 0 aliphatic heterocycles. The van der Waals surface area contributed by atoms with Gasteiger partial charge in [0, 0.05) is 18.0 Å². The highest BCUT2D eigenvalue weighted by atomic mass is 35.5. The number of rotatable bonds is 4. The molecule has 3 rings (SSSR count). The second kappa shape index (κ2) is 6.45. The minimum Gasteiger partial charge on any atom is -0.480 e. The molecule has 0 unspecified atom stereocenters. The van der Waals surface area contributed by atoms with Gasteiger partial charge in [-0.05, 0) is 12.1 Å². The predicted octanol–water partition coefficient (Wildman–Crippen LogP) is 3.06. The third-order valence-corrected chi connectivity index (χ3v) is 3.78. The minimum absolute atomic E-state index is 0.159. The van der Waals surface area contributed by atoms with E-state index in [0.717, 1.165) is 0 Å². The molecule has 2 N–H and O–H groups in total. The van der Waals surface area contributed by atoms with Crippen molar-refractivity contribution in [2.24, 2.45) is 0 Å². The number of hydrogen-bond acceptors (Lipinski definition) is 4. The van der Waals surface area contributed by atoms with E-state index >= 15 is 0 Å². The summed E-state index contributed by atoms with van der Waals surface area (Å²) >= 11 is 6.23. The Morgan fingerprint density at radius 2 is 2.17 bits per heavy atom. The van der Waals surface area contributed by atoms with Crippen molar-refractivity contribution in [3.63, 3.8) is 0 Å². The van der Waals surface area contributed by atoms with Crippen LogP contribution in [0.3, 0.4) is 0 Å². The summed E-state index contributed by atoms with van der Waals surface area (Å²) in [6.07, 6.45) is 2.79. The van der Waals surface area contributed by atoms with Crippen LogP contribution >= 0.6 is 11.6 Å². The number of amides is 1. The molecule has 0 radical (unpaired) electrons. The lowest BCUT2D eigenvalue weighted by molar-refractivity contribution is -0.119. The van der Waals surface area contributed by atoms with Crippen LogP contribution in [-0.4, -0.2) is 28.0 Å². The molecule has 124 valence electrons. The Balaban J connectivity index is 2.06. The van der Waals surface area contributed by atoms with Crippen LogP contribution in [0.15, 0.2) is 24.5 Å². The van der Waals surface area contributed by atoms with Crippen LogP contribution in [0.4, 0.5) is 4.39 Å². The van der Waals surface area contributed by atoms with Crippen LogP contribution in [0.1, 0.15) is 12.6 Å². The quantitative estimate of drug-likeness (QED) is 0.759. The van der Waals surface area contributed by atoms with Gasteiger partial charge in [0.25, 0.3) is 0 Å². The molecular formula is C16H14ClFN4O2. The van der Waals surface area contributed by atoms with Crippen molar-refractivity contribution in [3.05, 3.63) is 41.1 Å². The lowest BCUT2D eigenvalue weighted by Gasteiger charge is -2.07. The standard InChI is InChI=1S/C16H14ClFN4O2/c1-8(23)19-5-10-3-9-4-11(17)14(15(18)16(9)22-10)12-6-21-13(24-2)7-20-12/h3-4,6-7,22H,5H2,1-2H3,(H,19,23). The number of nitrogens with one attached hydrogen (secondary N) is 2. The number of aromatic amines is 1. The van der Waals surface area contributed by atoms with Crippen LogP contribution in [0.2, 0.25) is 5.02 Å². The van der Waals surface area contributed by atoms with E-state index in [9.17, 15) is 9.18 Å². The van der Waals surface area contributed by atoms with Gasteiger partial charge < -0.3 is 15.0 Å². The molecule has 1 amide bonds. The molecule has 0 saturated carbocycles. The van der Waals surface area contributed by atoms with Gasteiger partial charge in [-0.3, -0.25) is 4.79 Å². The van der Waals surface area contributed by atoms with Crippen molar-refractivity contribution in [1.29, 1.82) is 0 Å². The molecule has 2 aromatic heterocycles. The summed E-state index contributed by atoms with van der Waals surface area (Å²) in [6.45, 7) is 1.69. The number of nitrogens with zero attached hydrogens (tertiary/aromatic N) is 2. The van der Waals surface area contributed by atoms with Gasteiger partial charge in [-0.15, -0.1) is 0 Å². The summed E-state index contributed by atoms with van der Waals surface area (Å²) in [4.78, 5) is 22.1. The van der Waals surface area contributed by atoms with E-state index in [2.05, 4.69) is 20.3 Å². The Hall–Kier alpha value is -2.67. The van der Waals surface area contributed by atoms with Gasteiger partial charge in [-0.1, -0.05) is 11.6 Å². The number of methoxy groups -OCH3 is 1. The Morgan fingerprint density at radius 1 is 1.38 bits per heavy atom. The van der Waals surface area contributed by atoms with Crippen LogP contribution in [-0.2, 0) is 11.3 Å². The predicted molar refractivity (Wildman–Crippen MR) is 88.4 cm³/mol. The molecular weight excluding hydrogens is 335 g/mol. The van der Waals surface area contributed by atoms with E-state index in [1.165, 1.54) is 26.4 Å². The number of halogens is 2. The lowest BCUT2D eigenvalue weighted by atomic mass is 10.1. The molecule has 0 atom stereocenters. The molecule has 0 fully saturated rings. The van der Waals surface area contributed by atoms with Crippen LogP contribution in [0.25, 0.3) is 22.2 Å². The number of H-pyrrole nitrogens is 1. The normalized spacial score (nSPS) is 10.8. The first-order valence-corrected chi connectivity index (χ1v) is 7.48. The smallest absolute Gasteiger partial charge is 0.232 e. The van der Waals surface area contributed by atoms with E-state index in [0.29, 0.717) is 28.2 Å². The second-order valence-electron chi connectivity index (χ2n) is 5.16. The maximum absolute atomic E-state index is 14.9. The van der Waals surface area contributed by atoms with Crippen molar-refractivity contribution in [3.8, 4) is 17.1 Å². The SMILES string of the molecule is COc1cnc(-c2c(Cl)cc3cc(CNC(C)=O)[nH]c3c2F)cn1. The Morgan fingerprint density at radius 3 is 2.79 bits per heavy atom. The van der Waals surface area contributed by atoms with Gasteiger partial charge in [0.1, 0.15) is 0 Å². The molecule has 1 aromatic carbocycles. The molecule has 0 bridgehead atoms. The monoisotopic (exact) mass is 348 g/mol. The van der Waals surface area contributed by atoms with Crippen LogP contribution in [0.5, 0.6) is 5.88 Å². The van der Waals surface area contributed by atoms with Crippen molar-refractivity contribution in [2.45, 2.75) is 13.5 Å². The highest BCUT2D eigenvalue weighted by Crippen LogP contribution is 2.34. The molecule has 3 aromatic rings. The third kappa shape index (κ3) is 3.03. The minimum atomic E-state index is -0.522. The number of fused-ring (bicyclic) bond motifs is 1. The Bertz CT molecular complexity index is 909. The van der Waals surface area contributed by atoms with Crippen molar-refractivity contribution < 1.29 is 13.9 Å². The second-order valence-corrected chi connectivity index (χ2v) is 5.57. The number of aromatic nitrogens is 3. The molecule has 0 aliphatic carbocycles. The summed E-state index contributed by atoms with van der Waals surface area (Å²) in [5, 5.41) is 3.49. The average Bonchev–Trinajstić information content (AvgIpc) is 2.97. The fourth-order valence-corrected chi connectivity index (χ4v) is 2.66. The average molecular weight is 349 g/mol. The van der Waals surface area contributed by atoms with Gasteiger partial charge >= 0.3 is 0 Å². The van der Waals surface area contributed by atoms with E-state index < -0.39 is 5.82 Å². The molecule has 0 saturated heterocycles. The van der Waals surface area contributed by atoms with Crippen molar-refractivity contribution in [1.82, 2.24) is 20.3 Å². The highest BCUT2D eigenvalue weighted by Gasteiger charge is 2.18. The van der Waals surface area contributed by atoms with E-state index in [-0.39, 0.29) is 23.0 Å². The Kier molecular flexibility index (Phi) is 4.35. The van der Waals surface area contributed by atoms with Gasteiger partial charge in [-0.2, -0.15) is 0 Å². The molecule has 2 heterocycles. The Labute approximate surface area is 142 Å². The first-order chi connectivity index (χ1) is 11.5. The highest BCUT2D eigenvalue weighted by molar-refractivity contribution is 6.34. The van der Waals surface area contributed by atoms with Gasteiger partial charge in [0.15, 0.2) is 5.82 Å². The van der Waals surface area contributed by atoms with Crippen molar-refractivity contribution >= 4 is 28.4 Å². The molecule has 6 nitrogen and oxygen atoms in total. The van der Waals surface area contributed by atoms with Crippen molar-refractivity contribution in [2.75, 3.05) is 7.11 Å². The van der Waals surface area contributed by atoms with E-state index in [1.807, 2.05) is 0 Å². The summed E-state index contributed by atoms with van der Waals surface area (Å²) in [7, 11) is 1.47. The topological polar surface area (TPSA) is 79.9 Å². The zero-order valence-corrected chi connectivity index (χ0v) is 13.7. The van der Waals surface area contributed by atoms with Gasteiger partial charge in [0.2, 0.25) is 11.8 Å². The number of carbonyl (C=O) groups excluding carboxylic acids is 1. The fraction of sp³-hybridized carbons (Fsp3) is 0.188. The number of benzene rings is 1. The first-order valence-electron chi connectivity index (χ1n) is 7.10. The molecule has 24 heavy (non-hydrogen) atoms. The van der Waals surface area contributed by atoms with E-state index in [1.54, 1.807) is 12.1 Å². The van der Waals surface area contributed by atoms with E-state index in [4.69, 9.17) is 16.3 Å². The van der Waals surface area contributed by atoms with Gasteiger partial charge in [0.05, 0.1) is 47.8 Å². The maximum Gasteiger partial charge on any atom is 0.232 e. The zero-order valence-electron chi connectivity index (χ0n) is 13.0. The van der Waals surface area contributed by atoms with Crippen LogP contribution in [0, 0.1) is 5.82 Å².